The zero-order chi connectivity index (χ0) is 24.9. The van der Waals surface area contributed by atoms with E-state index in [1.54, 1.807) is 6.08 Å². The number of fused-ring (bicyclic) bond motifs is 3. The molecule has 7 heteroatoms. The molecule has 0 saturated carbocycles. The number of anilines is 1. The van der Waals surface area contributed by atoms with Crippen molar-refractivity contribution >= 4 is 40.5 Å². The predicted molar refractivity (Wildman–Crippen MR) is 148 cm³/mol. The number of hydrogen-bond acceptors (Lipinski definition) is 5. The van der Waals surface area contributed by atoms with E-state index in [0.29, 0.717) is 52.4 Å². The first kappa shape index (κ1) is 24.9. The number of aromatic nitrogens is 2. The van der Waals surface area contributed by atoms with Crippen LogP contribution in [0.1, 0.15) is 49.1 Å². The van der Waals surface area contributed by atoms with Crippen LogP contribution >= 0.6 is 11.6 Å². The van der Waals surface area contributed by atoms with Gasteiger partial charge in [-0.05, 0) is 43.9 Å². The summed E-state index contributed by atoms with van der Waals surface area (Å²) in [5, 5.41) is 4.71. The van der Waals surface area contributed by atoms with Crippen LogP contribution in [0, 0.1) is 5.82 Å². The molecule has 0 radical (unpaired) electrons. The fourth-order valence-corrected chi connectivity index (χ4v) is 5.46. The lowest BCUT2D eigenvalue weighted by atomic mass is 10.1. The first-order valence-corrected chi connectivity index (χ1v) is 13.3. The van der Waals surface area contributed by atoms with E-state index in [4.69, 9.17) is 22.3 Å². The number of nitrogens with two attached hydrogens (primary N) is 1. The van der Waals surface area contributed by atoms with Crippen molar-refractivity contribution in [3.8, 4) is 0 Å². The van der Waals surface area contributed by atoms with E-state index >= 15 is 4.39 Å². The molecule has 2 aromatic carbocycles. The Balaban J connectivity index is 1.50. The largest absolute Gasteiger partial charge is 0.353 e. The van der Waals surface area contributed by atoms with Gasteiger partial charge in [0.15, 0.2) is 5.82 Å². The number of benzene rings is 2. The third kappa shape index (κ3) is 5.61. The van der Waals surface area contributed by atoms with Gasteiger partial charge in [-0.25, -0.2) is 14.4 Å². The number of halogens is 2. The Kier molecular flexibility index (Phi) is 7.95. The van der Waals surface area contributed by atoms with Crippen molar-refractivity contribution in [1.29, 1.82) is 0 Å². The fraction of sp³-hybridized carbons (Fsp3) is 0.379. The molecule has 3 heterocycles. The SMILES string of the molecule is NCCCCCc1nc(N2CC3CCC(C2)N3)c2cc(Cl)c(/C=C/C=C\c3ccccc3)c(F)c2n1. The molecule has 0 spiro atoms. The molecule has 2 bridgehead atoms. The normalized spacial score (nSPS) is 19.8. The monoisotopic (exact) mass is 505 g/mol. The number of nitrogens with one attached hydrogen (secondary N) is 1. The van der Waals surface area contributed by atoms with Crippen LogP contribution in [0.5, 0.6) is 0 Å². The van der Waals surface area contributed by atoms with Crippen LogP contribution in [0.25, 0.3) is 23.1 Å². The van der Waals surface area contributed by atoms with Crippen LogP contribution in [-0.4, -0.2) is 41.7 Å². The Labute approximate surface area is 217 Å². The molecule has 188 valence electrons. The van der Waals surface area contributed by atoms with Crippen LogP contribution in [-0.2, 0) is 6.42 Å². The second-order valence-corrected chi connectivity index (χ2v) is 10.1. The number of hydrogen-bond donors (Lipinski definition) is 2. The maximum Gasteiger partial charge on any atom is 0.158 e. The maximum absolute atomic E-state index is 15.9. The standard InChI is InChI=1S/C29H33ClFN5/c30-25-17-24-28(27(31)23(25)12-7-6-11-20-9-3-1-4-10-20)34-26(13-5-2-8-16-32)35-29(24)36-18-21-14-15-22(19-36)33-21/h1,3-4,6-7,9-12,17,21-22,33H,2,5,8,13-16,18-19,32H2/b11-6-,12-7+. The molecule has 2 saturated heterocycles. The van der Waals surface area contributed by atoms with Gasteiger partial charge >= 0.3 is 0 Å². The minimum atomic E-state index is -0.396. The highest BCUT2D eigenvalue weighted by atomic mass is 35.5. The molecule has 2 aliphatic heterocycles. The molecule has 2 unspecified atom stereocenters. The topological polar surface area (TPSA) is 67.1 Å². The Morgan fingerprint density at radius 3 is 2.53 bits per heavy atom. The van der Waals surface area contributed by atoms with Crippen molar-refractivity contribution in [3.63, 3.8) is 0 Å². The number of aryl methyl sites for hydroxylation is 1. The van der Waals surface area contributed by atoms with Gasteiger partial charge in [-0.3, -0.25) is 0 Å². The van der Waals surface area contributed by atoms with E-state index in [1.165, 1.54) is 0 Å². The van der Waals surface area contributed by atoms with E-state index in [0.717, 1.165) is 56.6 Å². The molecule has 0 amide bonds. The van der Waals surface area contributed by atoms with Gasteiger partial charge in [0, 0.05) is 42.5 Å². The summed E-state index contributed by atoms with van der Waals surface area (Å²) in [5.41, 5.74) is 7.42. The molecule has 1 aromatic heterocycles. The smallest absolute Gasteiger partial charge is 0.158 e. The average Bonchev–Trinajstić information content (AvgIpc) is 3.23. The zero-order valence-corrected chi connectivity index (χ0v) is 21.2. The van der Waals surface area contributed by atoms with Crippen molar-refractivity contribution < 1.29 is 4.39 Å². The van der Waals surface area contributed by atoms with E-state index in [-0.39, 0.29) is 0 Å². The van der Waals surface area contributed by atoms with E-state index in [2.05, 4.69) is 15.2 Å². The second-order valence-electron chi connectivity index (χ2n) is 9.72. The summed E-state index contributed by atoms with van der Waals surface area (Å²) < 4.78 is 15.9. The van der Waals surface area contributed by atoms with Crippen molar-refractivity contribution in [2.75, 3.05) is 24.5 Å². The van der Waals surface area contributed by atoms with Crippen molar-refractivity contribution in [2.45, 2.75) is 50.6 Å². The fourth-order valence-electron chi connectivity index (χ4n) is 5.20. The summed E-state index contributed by atoms with van der Waals surface area (Å²) in [6.45, 7) is 2.40. The molecule has 3 N–H and O–H groups in total. The Hall–Kier alpha value is -2.80. The molecule has 2 fully saturated rings. The van der Waals surface area contributed by atoms with Crippen LogP contribution < -0.4 is 16.0 Å². The summed E-state index contributed by atoms with van der Waals surface area (Å²) in [6, 6.07) is 12.7. The van der Waals surface area contributed by atoms with Crippen molar-refractivity contribution in [2.24, 2.45) is 5.73 Å². The van der Waals surface area contributed by atoms with Gasteiger partial charge in [-0.15, -0.1) is 0 Å². The number of nitrogens with zero attached hydrogens (tertiary/aromatic N) is 3. The van der Waals surface area contributed by atoms with Gasteiger partial charge in [0.2, 0.25) is 0 Å². The van der Waals surface area contributed by atoms with Crippen LogP contribution in [0.3, 0.4) is 0 Å². The first-order chi connectivity index (χ1) is 17.6. The van der Waals surface area contributed by atoms with Gasteiger partial charge in [-0.1, -0.05) is 72.7 Å². The predicted octanol–water partition coefficient (Wildman–Crippen LogP) is 5.76. The highest BCUT2D eigenvalue weighted by Crippen LogP contribution is 2.35. The molecule has 5 nitrogen and oxygen atoms in total. The van der Waals surface area contributed by atoms with E-state index in [1.807, 2.05) is 54.6 Å². The lowest BCUT2D eigenvalue weighted by Crippen LogP contribution is -2.51. The Bertz CT molecular complexity index is 1250. The Morgan fingerprint density at radius 2 is 1.78 bits per heavy atom. The average molecular weight is 506 g/mol. The summed E-state index contributed by atoms with van der Waals surface area (Å²) in [7, 11) is 0. The highest BCUT2D eigenvalue weighted by molar-refractivity contribution is 6.33. The van der Waals surface area contributed by atoms with Gasteiger partial charge in [0.1, 0.15) is 17.2 Å². The second kappa shape index (κ2) is 11.5. The third-order valence-electron chi connectivity index (χ3n) is 7.03. The van der Waals surface area contributed by atoms with Gasteiger partial charge in [0.05, 0.1) is 5.02 Å². The molecule has 2 aliphatic rings. The Morgan fingerprint density at radius 1 is 1.03 bits per heavy atom. The zero-order valence-electron chi connectivity index (χ0n) is 20.5. The number of allylic oxidation sites excluding steroid dienone is 2. The number of unbranched alkanes of at least 4 members (excludes halogenated alkanes) is 2. The quantitative estimate of drug-likeness (QED) is 0.286. The minimum Gasteiger partial charge on any atom is -0.353 e. The molecule has 0 aliphatic carbocycles. The summed E-state index contributed by atoms with van der Waals surface area (Å²) in [4.78, 5) is 11.9. The van der Waals surface area contributed by atoms with Crippen molar-refractivity contribution in [1.82, 2.24) is 15.3 Å². The molecular weight excluding hydrogens is 473 g/mol. The lowest BCUT2D eigenvalue weighted by Gasteiger charge is -2.34. The lowest BCUT2D eigenvalue weighted by molar-refractivity contribution is 0.463. The summed E-state index contributed by atoms with van der Waals surface area (Å²) >= 11 is 6.63. The van der Waals surface area contributed by atoms with E-state index in [9.17, 15) is 0 Å². The van der Waals surface area contributed by atoms with Gasteiger partial charge in [0.25, 0.3) is 0 Å². The number of piperazine rings is 1. The third-order valence-corrected chi connectivity index (χ3v) is 7.34. The molecule has 5 rings (SSSR count). The van der Waals surface area contributed by atoms with Crippen LogP contribution in [0.15, 0.2) is 48.6 Å². The number of rotatable bonds is 9. The summed E-state index contributed by atoms with van der Waals surface area (Å²) in [6.07, 6.45) is 13.3. The summed E-state index contributed by atoms with van der Waals surface area (Å²) in [5.74, 6) is 1.08. The molecule has 3 aromatic rings. The highest BCUT2D eigenvalue weighted by Gasteiger charge is 2.34. The first-order valence-electron chi connectivity index (χ1n) is 12.9. The van der Waals surface area contributed by atoms with Crippen LogP contribution in [0.2, 0.25) is 5.02 Å². The molecular formula is C29H33ClFN5. The van der Waals surface area contributed by atoms with Crippen molar-refractivity contribution in [3.05, 3.63) is 76.3 Å². The molecule has 36 heavy (non-hydrogen) atoms. The van der Waals surface area contributed by atoms with Gasteiger partial charge in [-0.2, -0.15) is 0 Å². The van der Waals surface area contributed by atoms with E-state index < -0.39 is 5.82 Å². The van der Waals surface area contributed by atoms with Gasteiger partial charge < -0.3 is 16.0 Å². The maximum atomic E-state index is 15.9. The molecule has 2 atom stereocenters. The van der Waals surface area contributed by atoms with Crippen LogP contribution in [0.4, 0.5) is 10.2 Å². The minimum absolute atomic E-state index is 0.343.